The Labute approximate surface area is 137 Å². The number of aromatic nitrogens is 6. The van der Waals surface area contributed by atoms with Gasteiger partial charge >= 0.3 is 0 Å². The molecule has 0 amide bonds. The van der Waals surface area contributed by atoms with Crippen molar-refractivity contribution in [3.05, 3.63) is 35.4 Å². The molecule has 0 fully saturated rings. The van der Waals surface area contributed by atoms with Crippen LogP contribution in [0.3, 0.4) is 0 Å². The zero-order chi connectivity index (χ0) is 16.6. The van der Waals surface area contributed by atoms with Gasteiger partial charge in [-0.05, 0) is 17.7 Å². The Balaban J connectivity index is 2.05. The van der Waals surface area contributed by atoms with Gasteiger partial charge in [0, 0.05) is 18.8 Å². The number of rotatable bonds is 4. The predicted octanol–water partition coefficient (Wildman–Crippen LogP) is 0.714. The van der Waals surface area contributed by atoms with E-state index in [0.29, 0.717) is 22.5 Å². The maximum absolute atomic E-state index is 11.8. The Kier molecular flexibility index (Phi) is 3.86. The molecule has 0 aliphatic heterocycles. The van der Waals surface area contributed by atoms with Crippen molar-refractivity contribution < 1.29 is 8.42 Å². The molecule has 9 nitrogen and oxygen atoms in total. The van der Waals surface area contributed by atoms with Crippen LogP contribution in [0, 0.1) is 0 Å². The molecule has 0 aliphatic carbocycles. The highest BCUT2D eigenvalue weighted by molar-refractivity contribution is 7.92. The van der Waals surface area contributed by atoms with Crippen molar-refractivity contribution in [2.45, 2.75) is 6.54 Å². The predicted molar refractivity (Wildman–Crippen MR) is 84.7 cm³/mol. The molecule has 3 aromatic rings. The van der Waals surface area contributed by atoms with Gasteiger partial charge in [-0.25, -0.2) is 23.1 Å². The number of sulfonamides is 1. The van der Waals surface area contributed by atoms with E-state index in [1.54, 1.807) is 12.1 Å². The molecule has 0 spiro atoms. The lowest BCUT2D eigenvalue weighted by atomic mass is 10.2. The van der Waals surface area contributed by atoms with Crippen molar-refractivity contribution in [2.75, 3.05) is 17.6 Å². The van der Waals surface area contributed by atoms with E-state index in [1.165, 1.54) is 24.1 Å². The largest absolute Gasteiger partial charge is 0.257 e. The van der Waals surface area contributed by atoms with Crippen LogP contribution in [-0.2, 0) is 16.6 Å². The second-order valence-corrected chi connectivity index (χ2v) is 7.16. The molecule has 0 atom stereocenters. The Bertz CT molecular complexity index is 972. The molecule has 3 aromatic heterocycles. The quantitative estimate of drug-likeness (QED) is 0.636. The molecule has 3 rings (SSSR count). The van der Waals surface area contributed by atoms with Gasteiger partial charge in [0.15, 0.2) is 11.2 Å². The van der Waals surface area contributed by atoms with Crippen LogP contribution in [0.5, 0.6) is 0 Å². The van der Waals surface area contributed by atoms with E-state index < -0.39 is 10.0 Å². The van der Waals surface area contributed by atoms with Crippen LogP contribution in [0.25, 0.3) is 11.2 Å². The fraction of sp³-hybridized carbons (Fsp3) is 0.250. The molecule has 0 N–H and O–H groups in total. The summed E-state index contributed by atoms with van der Waals surface area (Å²) in [5.41, 5.74) is 1.61. The molecule has 0 aliphatic rings. The van der Waals surface area contributed by atoms with Crippen LogP contribution in [-0.4, -0.2) is 51.7 Å². The normalized spacial score (nSPS) is 11.8. The highest BCUT2D eigenvalue weighted by atomic mass is 35.5. The molecule has 0 radical (unpaired) electrons. The van der Waals surface area contributed by atoms with Crippen molar-refractivity contribution in [3.63, 3.8) is 0 Å². The monoisotopic (exact) mass is 353 g/mol. The summed E-state index contributed by atoms with van der Waals surface area (Å²) in [6.07, 6.45) is 4.11. The lowest BCUT2D eigenvalue weighted by Crippen LogP contribution is -2.27. The van der Waals surface area contributed by atoms with E-state index in [2.05, 4.69) is 25.3 Å². The topological polar surface area (TPSA) is 107 Å². The summed E-state index contributed by atoms with van der Waals surface area (Å²) in [5.74, 6) is 0.318. The van der Waals surface area contributed by atoms with E-state index in [4.69, 9.17) is 11.6 Å². The minimum Gasteiger partial charge on any atom is -0.257 e. The highest BCUT2D eigenvalue weighted by Crippen LogP contribution is 2.20. The number of fused-ring (bicyclic) bond motifs is 1. The number of nitrogens with zero attached hydrogens (tertiary/aromatic N) is 7. The molecule has 0 aromatic carbocycles. The summed E-state index contributed by atoms with van der Waals surface area (Å²) in [7, 11) is -1.98. The van der Waals surface area contributed by atoms with Crippen molar-refractivity contribution in [1.29, 1.82) is 0 Å². The van der Waals surface area contributed by atoms with Gasteiger partial charge in [-0.15, -0.1) is 5.10 Å². The number of hydrogen-bond donors (Lipinski definition) is 0. The lowest BCUT2D eigenvalue weighted by Gasteiger charge is -2.18. The van der Waals surface area contributed by atoms with Gasteiger partial charge in [0.1, 0.15) is 5.82 Å². The van der Waals surface area contributed by atoms with Crippen molar-refractivity contribution in [3.8, 4) is 0 Å². The van der Waals surface area contributed by atoms with E-state index in [1.807, 2.05) is 0 Å². The number of anilines is 1. The summed E-state index contributed by atoms with van der Waals surface area (Å²) >= 11 is 5.80. The highest BCUT2D eigenvalue weighted by Gasteiger charge is 2.18. The molecule has 0 unspecified atom stereocenters. The smallest absolute Gasteiger partial charge is 0.233 e. The summed E-state index contributed by atoms with van der Waals surface area (Å²) in [6, 6.07) is 3.48. The van der Waals surface area contributed by atoms with Crippen LogP contribution >= 0.6 is 11.6 Å². The van der Waals surface area contributed by atoms with Gasteiger partial charge in [0.25, 0.3) is 0 Å². The SMILES string of the molecule is CN(c1ncccc1Cn1nnc2cnc(Cl)nc21)S(C)(=O)=O. The Morgan fingerprint density at radius 3 is 2.87 bits per heavy atom. The van der Waals surface area contributed by atoms with Crippen molar-refractivity contribution in [2.24, 2.45) is 0 Å². The first-order valence-corrected chi connectivity index (χ1v) is 8.68. The lowest BCUT2D eigenvalue weighted by molar-refractivity contribution is 0.599. The van der Waals surface area contributed by atoms with Gasteiger partial charge in [-0.3, -0.25) is 4.31 Å². The number of hydrogen-bond acceptors (Lipinski definition) is 7. The van der Waals surface area contributed by atoms with Crippen molar-refractivity contribution in [1.82, 2.24) is 29.9 Å². The second kappa shape index (κ2) is 5.70. The first-order chi connectivity index (χ1) is 10.9. The van der Waals surface area contributed by atoms with Crippen LogP contribution in [0.1, 0.15) is 5.56 Å². The van der Waals surface area contributed by atoms with Gasteiger partial charge in [-0.2, -0.15) is 4.98 Å². The molecule has 0 bridgehead atoms. The maximum Gasteiger partial charge on any atom is 0.233 e. The molecule has 120 valence electrons. The third kappa shape index (κ3) is 3.08. The summed E-state index contributed by atoms with van der Waals surface area (Å²) < 4.78 is 26.1. The van der Waals surface area contributed by atoms with Crippen LogP contribution < -0.4 is 4.31 Å². The summed E-state index contributed by atoms with van der Waals surface area (Å²) in [4.78, 5) is 12.1. The third-order valence-electron chi connectivity index (χ3n) is 3.21. The summed E-state index contributed by atoms with van der Waals surface area (Å²) in [6.45, 7) is 0.243. The standard InChI is InChI=1S/C12H12ClN7O2S/c1-19(23(2,21)22)10-8(4-3-5-14-10)7-20-11-9(17-18-20)6-15-12(13)16-11/h3-6H,7H2,1-2H3. The number of halogens is 1. The average molecular weight is 354 g/mol. The van der Waals surface area contributed by atoms with Gasteiger partial charge in [0.05, 0.1) is 19.0 Å². The molecule has 11 heteroatoms. The zero-order valence-electron chi connectivity index (χ0n) is 12.2. The van der Waals surface area contributed by atoms with Gasteiger partial charge in [-0.1, -0.05) is 11.3 Å². The van der Waals surface area contributed by atoms with Gasteiger partial charge < -0.3 is 0 Å². The maximum atomic E-state index is 11.8. The van der Waals surface area contributed by atoms with E-state index in [-0.39, 0.29) is 11.8 Å². The second-order valence-electron chi connectivity index (χ2n) is 4.81. The molecule has 23 heavy (non-hydrogen) atoms. The van der Waals surface area contributed by atoms with E-state index in [9.17, 15) is 8.42 Å². The van der Waals surface area contributed by atoms with Crippen LogP contribution in [0.2, 0.25) is 5.28 Å². The first-order valence-electron chi connectivity index (χ1n) is 6.46. The molecular formula is C12H12ClN7O2S. The zero-order valence-corrected chi connectivity index (χ0v) is 13.8. The van der Waals surface area contributed by atoms with Crippen LogP contribution in [0.15, 0.2) is 24.5 Å². The van der Waals surface area contributed by atoms with Crippen LogP contribution in [0.4, 0.5) is 5.82 Å². The molecule has 0 saturated carbocycles. The minimum atomic E-state index is -3.43. The summed E-state index contributed by atoms with van der Waals surface area (Å²) in [5, 5.41) is 8.04. The molecule has 3 heterocycles. The third-order valence-corrected chi connectivity index (χ3v) is 4.56. The Hall–Kier alpha value is -2.33. The van der Waals surface area contributed by atoms with E-state index >= 15 is 0 Å². The fourth-order valence-corrected chi connectivity index (χ4v) is 2.62. The molecular weight excluding hydrogens is 342 g/mol. The first kappa shape index (κ1) is 15.6. The van der Waals surface area contributed by atoms with Crippen molar-refractivity contribution >= 4 is 38.6 Å². The average Bonchev–Trinajstić information content (AvgIpc) is 2.88. The fourth-order valence-electron chi connectivity index (χ4n) is 2.01. The minimum absolute atomic E-state index is 0.0840. The Morgan fingerprint density at radius 2 is 2.13 bits per heavy atom. The Morgan fingerprint density at radius 1 is 1.35 bits per heavy atom. The van der Waals surface area contributed by atoms with Gasteiger partial charge in [0.2, 0.25) is 15.3 Å². The van der Waals surface area contributed by atoms with E-state index in [0.717, 1.165) is 10.6 Å². The number of pyridine rings is 1. The molecule has 0 saturated heterocycles.